The molecule has 1 saturated carbocycles. The maximum atomic E-state index is 11.7. The molecule has 19 heavy (non-hydrogen) atoms. The van der Waals surface area contributed by atoms with Crippen molar-refractivity contribution in [1.82, 2.24) is 5.32 Å². The van der Waals surface area contributed by atoms with Crippen LogP contribution in [0.3, 0.4) is 0 Å². The van der Waals surface area contributed by atoms with Crippen molar-refractivity contribution in [3.63, 3.8) is 0 Å². The van der Waals surface area contributed by atoms with E-state index in [1.54, 1.807) is 0 Å². The van der Waals surface area contributed by atoms with Crippen molar-refractivity contribution in [2.24, 2.45) is 17.8 Å². The number of sulfone groups is 1. The summed E-state index contributed by atoms with van der Waals surface area (Å²) in [6.45, 7) is 5.57. The molecule has 0 aromatic heterocycles. The van der Waals surface area contributed by atoms with Crippen LogP contribution < -0.4 is 5.32 Å². The third-order valence-electron chi connectivity index (χ3n) is 4.67. The van der Waals surface area contributed by atoms with E-state index in [0.717, 1.165) is 24.9 Å². The molecule has 1 saturated heterocycles. The zero-order valence-corrected chi connectivity index (χ0v) is 13.2. The van der Waals surface area contributed by atoms with Crippen LogP contribution in [0.4, 0.5) is 0 Å². The van der Waals surface area contributed by atoms with E-state index in [1.165, 1.54) is 32.1 Å². The second-order valence-electron chi connectivity index (χ2n) is 6.74. The first-order valence-electron chi connectivity index (χ1n) is 7.94. The first-order valence-corrected chi connectivity index (χ1v) is 9.76. The first-order chi connectivity index (χ1) is 9.00. The summed E-state index contributed by atoms with van der Waals surface area (Å²) in [5.74, 6) is 2.53. The van der Waals surface area contributed by atoms with Crippen molar-refractivity contribution in [3.8, 4) is 0 Å². The molecular formula is C15H29NO2S. The summed E-state index contributed by atoms with van der Waals surface area (Å²) in [6.07, 6.45) is 7.18. The van der Waals surface area contributed by atoms with Gasteiger partial charge in [-0.1, -0.05) is 26.7 Å². The average Bonchev–Trinajstić information content (AvgIpc) is 3.08. The fourth-order valence-electron chi connectivity index (χ4n) is 3.37. The smallest absolute Gasteiger partial charge is 0.150 e. The lowest BCUT2D eigenvalue weighted by atomic mass is 9.83. The molecule has 1 aliphatic heterocycles. The van der Waals surface area contributed by atoms with Crippen molar-refractivity contribution in [3.05, 3.63) is 0 Å². The van der Waals surface area contributed by atoms with E-state index >= 15 is 0 Å². The SMILES string of the molecule is CCCC(C)CC(CNC1CC1)C1CCS(=O)(=O)C1. The van der Waals surface area contributed by atoms with Crippen molar-refractivity contribution < 1.29 is 8.42 Å². The van der Waals surface area contributed by atoms with Crippen molar-refractivity contribution in [2.45, 2.75) is 58.4 Å². The minimum Gasteiger partial charge on any atom is -0.314 e. The highest BCUT2D eigenvalue weighted by molar-refractivity contribution is 7.91. The highest BCUT2D eigenvalue weighted by Crippen LogP contribution is 2.32. The topological polar surface area (TPSA) is 46.2 Å². The van der Waals surface area contributed by atoms with Gasteiger partial charge in [0.05, 0.1) is 11.5 Å². The summed E-state index contributed by atoms with van der Waals surface area (Å²) in [5.41, 5.74) is 0. The van der Waals surface area contributed by atoms with Crippen LogP contribution in [0.2, 0.25) is 0 Å². The fraction of sp³-hybridized carbons (Fsp3) is 1.00. The predicted molar refractivity (Wildman–Crippen MR) is 80.0 cm³/mol. The lowest BCUT2D eigenvalue weighted by molar-refractivity contribution is 0.275. The minimum absolute atomic E-state index is 0.399. The van der Waals surface area contributed by atoms with Crippen molar-refractivity contribution >= 4 is 9.84 Å². The molecule has 2 rings (SSSR count). The van der Waals surface area contributed by atoms with Gasteiger partial charge in [0.25, 0.3) is 0 Å². The van der Waals surface area contributed by atoms with E-state index in [0.29, 0.717) is 23.3 Å². The molecule has 3 nitrogen and oxygen atoms in total. The molecule has 2 fully saturated rings. The second-order valence-corrected chi connectivity index (χ2v) is 8.96. The predicted octanol–water partition coefficient (Wildman–Crippen LogP) is 2.62. The van der Waals surface area contributed by atoms with Crippen LogP contribution in [0.25, 0.3) is 0 Å². The molecule has 1 aliphatic carbocycles. The molecule has 1 N–H and O–H groups in total. The molecule has 112 valence electrons. The fourth-order valence-corrected chi connectivity index (χ4v) is 5.29. The average molecular weight is 287 g/mol. The maximum Gasteiger partial charge on any atom is 0.150 e. The van der Waals surface area contributed by atoms with Crippen LogP contribution >= 0.6 is 0 Å². The second kappa shape index (κ2) is 6.57. The number of hydrogen-bond acceptors (Lipinski definition) is 3. The Morgan fingerprint density at radius 1 is 1.26 bits per heavy atom. The van der Waals surface area contributed by atoms with Gasteiger partial charge in [0.1, 0.15) is 0 Å². The van der Waals surface area contributed by atoms with Gasteiger partial charge in [-0.2, -0.15) is 0 Å². The molecule has 0 aromatic carbocycles. The highest BCUT2D eigenvalue weighted by Gasteiger charge is 2.34. The molecular weight excluding hydrogens is 258 g/mol. The van der Waals surface area contributed by atoms with E-state index in [1.807, 2.05) is 0 Å². The Balaban J connectivity index is 1.88. The molecule has 2 aliphatic rings. The number of hydrogen-bond donors (Lipinski definition) is 1. The Labute approximate surface area is 118 Å². The monoisotopic (exact) mass is 287 g/mol. The zero-order valence-electron chi connectivity index (χ0n) is 12.4. The molecule has 3 unspecified atom stereocenters. The standard InChI is InChI=1S/C15H29NO2S/c1-3-4-12(2)9-14(10-16-15-5-6-15)13-7-8-19(17,18)11-13/h12-16H,3-11H2,1-2H3. The van der Waals surface area contributed by atoms with Gasteiger partial charge in [-0.05, 0) is 50.0 Å². The molecule has 3 atom stereocenters. The lowest BCUT2D eigenvalue weighted by Gasteiger charge is -2.26. The molecule has 0 radical (unpaired) electrons. The summed E-state index contributed by atoms with van der Waals surface area (Å²) in [5, 5.41) is 3.61. The molecule has 0 aromatic rings. The lowest BCUT2D eigenvalue weighted by Crippen LogP contribution is -2.31. The zero-order chi connectivity index (χ0) is 13.9. The van der Waals surface area contributed by atoms with Gasteiger partial charge in [0, 0.05) is 6.04 Å². The Morgan fingerprint density at radius 3 is 2.53 bits per heavy atom. The maximum absolute atomic E-state index is 11.7. The van der Waals surface area contributed by atoms with Crippen molar-refractivity contribution in [2.75, 3.05) is 18.1 Å². The van der Waals surface area contributed by atoms with Gasteiger partial charge in [-0.25, -0.2) is 8.42 Å². The quantitative estimate of drug-likeness (QED) is 0.746. The van der Waals surface area contributed by atoms with E-state index < -0.39 is 9.84 Å². The normalized spacial score (nSPS) is 29.3. The van der Waals surface area contributed by atoms with Crippen LogP contribution in [0, 0.1) is 17.8 Å². The third-order valence-corrected chi connectivity index (χ3v) is 6.46. The van der Waals surface area contributed by atoms with E-state index in [4.69, 9.17) is 0 Å². The summed E-state index contributed by atoms with van der Waals surface area (Å²) in [4.78, 5) is 0. The van der Waals surface area contributed by atoms with Gasteiger partial charge < -0.3 is 5.32 Å². The van der Waals surface area contributed by atoms with Crippen LogP contribution in [0.15, 0.2) is 0 Å². The van der Waals surface area contributed by atoms with E-state index in [-0.39, 0.29) is 0 Å². The minimum atomic E-state index is -2.74. The van der Waals surface area contributed by atoms with Crippen molar-refractivity contribution in [1.29, 1.82) is 0 Å². The molecule has 4 heteroatoms. The third kappa shape index (κ3) is 5.07. The van der Waals surface area contributed by atoms with E-state index in [2.05, 4.69) is 19.2 Å². The van der Waals surface area contributed by atoms with Gasteiger partial charge in [0.15, 0.2) is 9.84 Å². The van der Waals surface area contributed by atoms with Crippen LogP contribution in [0.5, 0.6) is 0 Å². The first kappa shape index (κ1) is 15.3. The highest BCUT2D eigenvalue weighted by atomic mass is 32.2. The van der Waals surface area contributed by atoms with Gasteiger partial charge in [0.2, 0.25) is 0 Å². The molecule has 0 bridgehead atoms. The molecule has 1 heterocycles. The van der Waals surface area contributed by atoms with Gasteiger partial charge >= 0.3 is 0 Å². The van der Waals surface area contributed by atoms with Crippen LogP contribution in [-0.4, -0.2) is 32.5 Å². The van der Waals surface area contributed by atoms with Gasteiger partial charge in [-0.15, -0.1) is 0 Å². The number of nitrogens with one attached hydrogen (secondary N) is 1. The van der Waals surface area contributed by atoms with Crippen LogP contribution in [-0.2, 0) is 9.84 Å². The Morgan fingerprint density at radius 2 is 2.00 bits per heavy atom. The summed E-state index contributed by atoms with van der Waals surface area (Å²) >= 11 is 0. The van der Waals surface area contributed by atoms with Gasteiger partial charge in [-0.3, -0.25) is 0 Å². The Kier molecular flexibility index (Phi) is 5.29. The van der Waals surface area contributed by atoms with Crippen LogP contribution in [0.1, 0.15) is 52.4 Å². The Hall–Kier alpha value is -0.0900. The molecule has 0 amide bonds. The molecule has 0 spiro atoms. The largest absolute Gasteiger partial charge is 0.314 e. The summed E-state index contributed by atoms with van der Waals surface area (Å²) in [7, 11) is -2.74. The summed E-state index contributed by atoms with van der Waals surface area (Å²) < 4.78 is 23.4. The number of rotatable bonds is 8. The Bertz CT molecular complexity index is 376. The summed E-state index contributed by atoms with van der Waals surface area (Å²) in [6, 6.07) is 0.724. The van der Waals surface area contributed by atoms with E-state index in [9.17, 15) is 8.42 Å².